The van der Waals surface area contributed by atoms with Crippen LogP contribution in [-0.4, -0.2) is 18.8 Å². The van der Waals surface area contributed by atoms with Crippen LogP contribution in [0.3, 0.4) is 0 Å². The van der Waals surface area contributed by atoms with Crippen molar-refractivity contribution >= 4 is 7.12 Å². The molecule has 15 heavy (non-hydrogen) atoms. The Balaban J connectivity index is 2.06. The minimum absolute atomic E-state index is 0.000718. The van der Waals surface area contributed by atoms with Gasteiger partial charge < -0.3 is 9.31 Å². The highest BCUT2D eigenvalue weighted by Gasteiger charge is 2.46. The van der Waals surface area contributed by atoms with Gasteiger partial charge in [0.25, 0.3) is 0 Å². The van der Waals surface area contributed by atoms with E-state index in [0.29, 0.717) is 0 Å². The van der Waals surface area contributed by atoms with Gasteiger partial charge >= 0.3 is 7.12 Å². The Morgan fingerprint density at radius 1 is 1.53 bits per heavy atom. The lowest BCUT2D eigenvalue weighted by Gasteiger charge is -2.22. The molecule has 1 aliphatic heterocycles. The van der Waals surface area contributed by atoms with Crippen molar-refractivity contribution in [1.29, 1.82) is 0 Å². The van der Waals surface area contributed by atoms with E-state index in [1.54, 1.807) is 6.08 Å². The molecular weight excluding hydrogens is 194 g/mol. The fourth-order valence-electron chi connectivity index (χ4n) is 1.83. The fourth-order valence-corrected chi connectivity index (χ4v) is 1.83. The summed E-state index contributed by atoms with van der Waals surface area (Å²) in [6.07, 6.45) is 5.72. The molecule has 4 heteroatoms. The van der Waals surface area contributed by atoms with Crippen molar-refractivity contribution in [2.75, 3.05) is 0 Å². The third kappa shape index (κ3) is 2.16. The number of hydrogen-bond acceptors (Lipinski definition) is 2. The topological polar surface area (TPSA) is 18.5 Å². The molecule has 0 aromatic rings. The summed E-state index contributed by atoms with van der Waals surface area (Å²) in [7, 11) is -0.314. The van der Waals surface area contributed by atoms with Crippen LogP contribution >= 0.6 is 0 Å². The van der Waals surface area contributed by atoms with Gasteiger partial charge in [-0.15, -0.1) is 0 Å². The first-order valence-electron chi connectivity index (χ1n) is 5.36. The Kier molecular flexibility index (Phi) is 2.73. The molecule has 0 amide bonds. The Hall–Kier alpha value is -0.605. The molecule has 2 rings (SSSR count). The van der Waals surface area contributed by atoms with E-state index >= 15 is 0 Å². The highest BCUT2D eigenvalue weighted by Crippen LogP contribution is 2.36. The lowest BCUT2D eigenvalue weighted by Crippen LogP contribution is -2.31. The maximum atomic E-state index is 13.0. The van der Waals surface area contributed by atoms with E-state index in [1.165, 1.54) is 6.08 Å². The Bertz CT molecular complexity index is 312. The highest BCUT2D eigenvalue weighted by atomic mass is 19.1. The zero-order valence-corrected chi connectivity index (χ0v) is 9.37. The molecule has 0 aromatic carbocycles. The number of allylic oxidation sites excluding steroid dienone is 4. The molecule has 0 bridgehead atoms. The van der Waals surface area contributed by atoms with Crippen LogP contribution in [0.25, 0.3) is 0 Å². The predicted molar refractivity (Wildman–Crippen MR) is 58.2 cm³/mol. The minimum Gasteiger partial charge on any atom is -0.405 e. The van der Waals surface area contributed by atoms with Crippen LogP contribution in [0.2, 0.25) is 5.82 Å². The standard InChI is InChI=1S/C11H16BFO2/c1-8-11(2,3)15-12(14-8)9-5-4-6-10(13)7-9/h4,6-9H,5H2,1-3H3. The van der Waals surface area contributed by atoms with Gasteiger partial charge in [-0.1, -0.05) is 6.08 Å². The monoisotopic (exact) mass is 210 g/mol. The van der Waals surface area contributed by atoms with Crippen molar-refractivity contribution in [3.63, 3.8) is 0 Å². The summed E-state index contributed by atoms with van der Waals surface area (Å²) >= 11 is 0. The molecule has 1 saturated heterocycles. The van der Waals surface area contributed by atoms with E-state index < -0.39 is 0 Å². The van der Waals surface area contributed by atoms with E-state index in [0.717, 1.165) is 6.42 Å². The summed E-state index contributed by atoms with van der Waals surface area (Å²) in [4.78, 5) is 0. The molecule has 1 heterocycles. The molecule has 82 valence electrons. The van der Waals surface area contributed by atoms with Crippen LogP contribution in [0.4, 0.5) is 4.39 Å². The van der Waals surface area contributed by atoms with Gasteiger partial charge in [0, 0.05) is 5.82 Å². The van der Waals surface area contributed by atoms with Gasteiger partial charge in [-0.3, -0.25) is 0 Å². The van der Waals surface area contributed by atoms with Gasteiger partial charge in [-0.2, -0.15) is 0 Å². The summed E-state index contributed by atoms with van der Waals surface area (Å²) < 4.78 is 24.5. The van der Waals surface area contributed by atoms with Gasteiger partial charge in [0.05, 0.1) is 11.7 Å². The quantitative estimate of drug-likeness (QED) is 0.619. The lowest BCUT2D eigenvalue weighted by molar-refractivity contribution is 0.0838. The molecule has 2 unspecified atom stereocenters. The van der Waals surface area contributed by atoms with E-state index in [4.69, 9.17) is 9.31 Å². The van der Waals surface area contributed by atoms with Crippen LogP contribution in [0.1, 0.15) is 27.2 Å². The zero-order chi connectivity index (χ0) is 11.1. The first-order valence-corrected chi connectivity index (χ1v) is 5.36. The Morgan fingerprint density at radius 2 is 2.27 bits per heavy atom. The average Bonchev–Trinajstić information content (AvgIpc) is 2.42. The van der Waals surface area contributed by atoms with Crippen molar-refractivity contribution in [3.8, 4) is 0 Å². The van der Waals surface area contributed by atoms with Gasteiger partial charge in [-0.05, 0) is 39.3 Å². The maximum absolute atomic E-state index is 13.0. The van der Waals surface area contributed by atoms with Crippen molar-refractivity contribution in [1.82, 2.24) is 0 Å². The molecular formula is C11H16BFO2. The molecule has 1 aliphatic carbocycles. The van der Waals surface area contributed by atoms with Gasteiger partial charge in [0.2, 0.25) is 0 Å². The van der Waals surface area contributed by atoms with Crippen LogP contribution in [0, 0.1) is 0 Å². The molecule has 0 spiro atoms. The van der Waals surface area contributed by atoms with Crippen LogP contribution in [0.5, 0.6) is 0 Å². The van der Waals surface area contributed by atoms with Crippen molar-refractivity contribution in [2.45, 2.75) is 44.7 Å². The highest BCUT2D eigenvalue weighted by molar-refractivity contribution is 6.48. The molecule has 0 aromatic heterocycles. The number of hydrogen-bond donors (Lipinski definition) is 0. The summed E-state index contributed by atoms with van der Waals surface area (Å²) in [5, 5.41) is 0. The first-order chi connectivity index (χ1) is 6.99. The number of rotatable bonds is 1. The summed E-state index contributed by atoms with van der Waals surface area (Å²) in [6, 6.07) is 0. The van der Waals surface area contributed by atoms with Crippen molar-refractivity contribution in [3.05, 3.63) is 24.1 Å². The molecule has 2 nitrogen and oxygen atoms in total. The van der Waals surface area contributed by atoms with Crippen molar-refractivity contribution in [2.24, 2.45) is 0 Å². The maximum Gasteiger partial charge on any atom is 0.465 e. The minimum atomic E-state index is -0.314. The largest absolute Gasteiger partial charge is 0.465 e. The van der Waals surface area contributed by atoms with Gasteiger partial charge in [0.1, 0.15) is 5.83 Å². The Morgan fingerprint density at radius 3 is 2.80 bits per heavy atom. The lowest BCUT2D eigenvalue weighted by atomic mass is 9.68. The van der Waals surface area contributed by atoms with E-state index in [9.17, 15) is 4.39 Å². The van der Waals surface area contributed by atoms with E-state index in [2.05, 4.69) is 0 Å². The van der Waals surface area contributed by atoms with Crippen molar-refractivity contribution < 1.29 is 13.7 Å². The second kappa shape index (κ2) is 3.76. The molecule has 0 saturated carbocycles. The summed E-state index contributed by atoms with van der Waals surface area (Å²) in [5.74, 6) is -0.199. The summed E-state index contributed by atoms with van der Waals surface area (Å²) in [6.45, 7) is 5.98. The SMILES string of the molecule is CC1OB(C2C=C(F)C=CC2)OC1(C)C. The van der Waals surface area contributed by atoms with Gasteiger partial charge in [-0.25, -0.2) is 4.39 Å². The Labute approximate surface area is 90.3 Å². The molecule has 2 atom stereocenters. The molecule has 2 aliphatic rings. The van der Waals surface area contributed by atoms with Crippen LogP contribution < -0.4 is 0 Å². The third-order valence-corrected chi connectivity index (χ3v) is 3.15. The molecule has 0 radical (unpaired) electrons. The zero-order valence-electron chi connectivity index (χ0n) is 9.37. The molecule has 0 N–H and O–H groups in total. The normalized spacial score (nSPS) is 34.4. The fraction of sp³-hybridized carbons (Fsp3) is 0.636. The number of halogens is 1. The third-order valence-electron chi connectivity index (χ3n) is 3.15. The first kappa shape index (κ1) is 10.9. The second-order valence-corrected chi connectivity index (χ2v) is 4.72. The molecule has 1 fully saturated rings. The van der Waals surface area contributed by atoms with Gasteiger partial charge in [0.15, 0.2) is 0 Å². The van der Waals surface area contributed by atoms with Crippen LogP contribution in [0.15, 0.2) is 24.1 Å². The smallest absolute Gasteiger partial charge is 0.405 e. The van der Waals surface area contributed by atoms with E-state index in [1.807, 2.05) is 26.8 Å². The van der Waals surface area contributed by atoms with E-state index in [-0.39, 0.29) is 30.5 Å². The van der Waals surface area contributed by atoms with Crippen LogP contribution in [-0.2, 0) is 9.31 Å². The average molecular weight is 210 g/mol. The predicted octanol–water partition coefficient (Wildman–Crippen LogP) is 2.87. The summed E-state index contributed by atoms with van der Waals surface area (Å²) in [5.41, 5.74) is -0.282. The second-order valence-electron chi connectivity index (χ2n) is 4.72.